The summed E-state index contributed by atoms with van der Waals surface area (Å²) in [7, 11) is 0. The van der Waals surface area contributed by atoms with E-state index in [1.807, 2.05) is 6.07 Å². The van der Waals surface area contributed by atoms with Crippen molar-refractivity contribution in [3.05, 3.63) is 30.0 Å². The van der Waals surface area contributed by atoms with E-state index in [1.165, 1.54) is 17.4 Å². The van der Waals surface area contributed by atoms with E-state index >= 15 is 0 Å². The number of aromatic amines is 1. The van der Waals surface area contributed by atoms with Crippen molar-refractivity contribution >= 4 is 10.9 Å². The van der Waals surface area contributed by atoms with Crippen molar-refractivity contribution in [2.45, 2.75) is 19.3 Å². The van der Waals surface area contributed by atoms with Gasteiger partial charge in [0.1, 0.15) is 5.75 Å². The summed E-state index contributed by atoms with van der Waals surface area (Å²) in [6.07, 6.45) is 3.33. The number of aromatic hydroxyl groups is 1. The largest absolute Gasteiger partial charge is 0.508 e. The maximum atomic E-state index is 9.46. The third-order valence-electron chi connectivity index (χ3n) is 3.71. The maximum Gasteiger partial charge on any atom is 0.117 e. The highest BCUT2D eigenvalue weighted by Crippen LogP contribution is 2.32. The van der Waals surface area contributed by atoms with Crippen molar-refractivity contribution < 1.29 is 5.11 Å². The Morgan fingerprint density at radius 2 is 2.18 bits per heavy atom. The number of aromatic nitrogens is 1. The standard InChI is InChI=1S/C14H18N2O/c1-9-4-10(7-15-6-9)13-8-16-14-5-11(17)2-3-12(13)14/h2-3,5,8-10,15-17H,4,6-7H2,1H3/t9-,10+/m1/s1. The van der Waals surface area contributed by atoms with Gasteiger partial charge in [0.2, 0.25) is 0 Å². The van der Waals surface area contributed by atoms with E-state index < -0.39 is 0 Å². The molecule has 17 heavy (non-hydrogen) atoms. The maximum absolute atomic E-state index is 9.46. The molecule has 0 saturated carbocycles. The molecule has 3 rings (SSSR count). The first kappa shape index (κ1) is 10.7. The third kappa shape index (κ3) is 1.91. The van der Waals surface area contributed by atoms with E-state index in [9.17, 15) is 5.11 Å². The first-order valence-corrected chi connectivity index (χ1v) is 6.25. The van der Waals surface area contributed by atoms with E-state index in [0.29, 0.717) is 11.7 Å². The summed E-state index contributed by atoms with van der Waals surface area (Å²) in [6, 6.07) is 5.56. The van der Waals surface area contributed by atoms with Crippen LogP contribution in [0.2, 0.25) is 0 Å². The van der Waals surface area contributed by atoms with Crippen LogP contribution in [0.5, 0.6) is 5.75 Å². The van der Waals surface area contributed by atoms with Crippen molar-refractivity contribution in [1.29, 1.82) is 0 Å². The Labute approximate surface area is 101 Å². The lowest BCUT2D eigenvalue weighted by Gasteiger charge is -2.27. The number of piperidine rings is 1. The first-order chi connectivity index (χ1) is 8.24. The molecule has 90 valence electrons. The number of fused-ring (bicyclic) bond motifs is 1. The predicted octanol–water partition coefficient (Wildman–Crippen LogP) is 2.59. The molecule has 0 radical (unpaired) electrons. The van der Waals surface area contributed by atoms with Gasteiger partial charge in [0.25, 0.3) is 0 Å². The normalized spacial score (nSPS) is 25.2. The number of H-pyrrole nitrogens is 1. The van der Waals surface area contributed by atoms with Crippen molar-refractivity contribution in [3.63, 3.8) is 0 Å². The molecule has 1 aromatic heterocycles. The number of hydrogen-bond acceptors (Lipinski definition) is 2. The minimum absolute atomic E-state index is 0.320. The molecule has 0 unspecified atom stereocenters. The minimum atomic E-state index is 0.320. The average Bonchev–Trinajstić information content (AvgIpc) is 2.71. The molecule has 3 N–H and O–H groups in total. The van der Waals surface area contributed by atoms with Crippen LogP contribution in [0.1, 0.15) is 24.8 Å². The molecule has 1 aromatic carbocycles. The van der Waals surface area contributed by atoms with Gasteiger partial charge in [-0.05, 0) is 42.5 Å². The molecule has 1 aliphatic heterocycles. The predicted molar refractivity (Wildman–Crippen MR) is 69.4 cm³/mol. The highest BCUT2D eigenvalue weighted by molar-refractivity contribution is 5.85. The molecule has 2 atom stereocenters. The molecular formula is C14H18N2O. The lowest BCUT2D eigenvalue weighted by molar-refractivity contribution is 0.365. The highest BCUT2D eigenvalue weighted by atomic mass is 16.3. The second-order valence-corrected chi connectivity index (χ2v) is 5.17. The average molecular weight is 230 g/mol. The number of phenolic OH excluding ortho intramolecular Hbond substituents is 1. The topological polar surface area (TPSA) is 48.0 Å². The van der Waals surface area contributed by atoms with Gasteiger partial charge >= 0.3 is 0 Å². The fourth-order valence-electron chi connectivity index (χ4n) is 2.87. The van der Waals surface area contributed by atoms with Crippen LogP contribution in [-0.2, 0) is 0 Å². The molecular weight excluding hydrogens is 212 g/mol. The molecule has 3 nitrogen and oxygen atoms in total. The van der Waals surface area contributed by atoms with Gasteiger partial charge in [0.15, 0.2) is 0 Å². The van der Waals surface area contributed by atoms with Crippen molar-refractivity contribution in [3.8, 4) is 5.75 Å². The molecule has 1 aliphatic rings. The van der Waals surface area contributed by atoms with E-state index in [1.54, 1.807) is 12.1 Å². The Balaban J connectivity index is 1.99. The van der Waals surface area contributed by atoms with E-state index in [4.69, 9.17) is 0 Å². The van der Waals surface area contributed by atoms with E-state index in [-0.39, 0.29) is 0 Å². The van der Waals surface area contributed by atoms with Crippen LogP contribution in [0, 0.1) is 5.92 Å². The lowest BCUT2D eigenvalue weighted by Crippen LogP contribution is -2.33. The highest BCUT2D eigenvalue weighted by Gasteiger charge is 2.22. The van der Waals surface area contributed by atoms with Gasteiger partial charge in [-0.3, -0.25) is 0 Å². The Morgan fingerprint density at radius 1 is 1.29 bits per heavy atom. The Hall–Kier alpha value is -1.48. The smallest absolute Gasteiger partial charge is 0.117 e. The molecule has 0 bridgehead atoms. The van der Waals surface area contributed by atoms with Crippen LogP contribution in [0.4, 0.5) is 0 Å². The minimum Gasteiger partial charge on any atom is -0.508 e. The molecule has 1 fully saturated rings. The fourth-order valence-corrected chi connectivity index (χ4v) is 2.87. The zero-order valence-corrected chi connectivity index (χ0v) is 10.0. The second-order valence-electron chi connectivity index (χ2n) is 5.17. The SMILES string of the molecule is C[C@H]1CNC[C@@H](c2c[nH]c3cc(O)ccc23)C1. The monoisotopic (exact) mass is 230 g/mol. The summed E-state index contributed by atoms with van der Waals surface area (Å²) in [5.41, 5.74) is 2.40. The zero-order valence-electron chi connectivity index (χ0n) is 10.0. The summed E-state index contributed by atoms with van der Waals surface area (Å²) >= 11 is 0. The molecule has 0 amide bonds. The quantitative estimate of drug-likeness (QED) is 0.705. The molecule has 0 aliphatic carbocycles. The first-order valence-electron chi connectivity index (χ1n) is 6.25. The summed E-state index contributed by atoms with van der Waals surface area (Å²) < 4.78 is 0. The summed E-state index contributed by atoms with van der Waals surface area (Å²) in [6.45, 7) is 4.47. The number of rotatable bonds is 1. The van der Waals surface area contributed by atoms with E-state index in [0.717, 1.165) is 24.5 Å². The third-order valence-corrected chi connectivity index (χ3v) is 3.71. The number of phenols is 1. The molecule has 0 spiro atoms. The van der Waals surface area contributed by atoms with Gasteiger partial charge in [0, 0.05) is 29.7 Å². The zero-order chi connectivity index (χ0) is 11.8. The van der Waals surface area contributed by atoms with Crippen molar-refractivity contribution in [2.24, 2.45) is 5.92 Å². The number of hydrogen-bond donors (Lipinski definition) is 3. The lowest BCUT2D eigenvalue weighted by atomic mass is 9.86. The Kier molecular flexibility index (Phi) is 2.56. The van der Waals surface area contributed by atoms with Crippen LogP contribution < -0.4 is 5.32 Å². The Morgan fingerprint density at radius 3 is 3.00 bits per heavy atom. The van der Waals surface area contributed by atoms with Gasteiger partial charge in [-0.15, -0.1) is 0 Å². The summed E-state index contributed by atoms with van der Waals surface area (Å²) in [4.78, 5) is 3.25. The van der Waals surface area contributed by atoms with E-state index in [2.05, 4.69) is 23.4 Å². The van der Waals surface area contributed by atoms with Crippen LogP contribution >= 0.6 is 0 Å². The van der Waals surface area contributed by atoms with Crippen LogP contribution in [0.25, 0.3) is 10.9 Å². The van der Waals surface area contributed by atoms with Gasteiger partial charge < -0.3 is 15.4 Å². The molecule has 1 saturated heterocycles. The van der Waals surface area contributed by atoms with Crippen LogP contribution in [-0.4, -0.2) is 23.2 Å². The van der Waals surface area contributed by atoms with Crippen molar-refractivity contribution in [1.82, 2.24) is 10.3 Å². The van der Waals surface area contributed by atoms with Crippen LogP contribution in [0.3, 0.4) is 0 Å². The number of nitrogens with one attached hydrogen (secondary N) is 2. The molecule has 2 heterocycles. The van der Waals surface area contributed by atoms with Crippen LogP contribution in [0.15, 0.2) is 24.4 Å². The van der Waals surface area contributed by atoms with Gasteiger partial charge in [0.05, 0.1) is 0 Å². The van der Waals surface area contributed by atoms with Gasteiger partial charge in [-0.2, -0.15) is 0 Å². The fraction of sp³-hybridized carbons (Fsp3) is 0.429. The number of benzene rings is 1. The Bertz CT molecular complexity index is 532. The summed E-state index contributed by atoms with van der Waals surface area (Å²) in [5.74, 6) is 1.63. The van der Waals surface area contributed by atoms with Crippen molar-refractivity contribution in [2.75, 3.05) is 13.1 Å². The molecule has 2 aromatic rings. The molecule has 3 heteroatoms. The summed E-state index contributed by atoms with van der Waals surface area (Å²) in [5, 5.41) is 14.2. The second kappa shape index (κ2) is 4.08. The van der Waals surface area contributed by atoms with Gasteiger partial charge in [-0.25, -0.2) is 0 Å². The van der Waals surface area contributed by atoms with Gasteiger partial charge in [-0.1, -0.05) is 6.92 Å².